The van der Waals surface area contributed by atoms with Crippen LogP contribution in [-0.4, -0.2) is 28.5 Å². The average Bonchev–Trinajstić information content (AvgIpc) is 3.57. The van der Waals surface area contributed by atoms with E-state index in [1.807, 2.05) is 55.3 Å². The lowest BCUT2D eigenvalue weighted by molar-refractivity contribution is -0.136. The number of carbonyl (C=O) groups excluding carboxylic acids is 1. The molecule has 7 heteroatoms. The number of carboxylic acids is 1. The van der Waals surface area contributed by atoms with Crippen LogP contribution in [0.25, 0.3) is 21.2 Å². The fourth-order valence-electron chi connectivity index (χ4n) is 6.21. The van der Waals surface area contributed by atoms with Crippen molar-refractivity contribution in [3.05, 3.63) is 86.0 Å². The van der Waals surface area contributed by atoms with E-state index in [2.05, 4.69) is 0 Å². The van der Waals surface area contributed by atoms with Gasteiger partial charge in [-0.2, -0.15) is 0 Å². The Hall–Kier alpha value is -3.71. The fourth-order valence-corrected chi connectivity index (χ4v) is 7.03. The highest BCUT2D eigenvalue weighted by Gasteiger charge is 2.32. The van der Waals surface area contributed by atoms with Crippen LogP contribution in [0.4, 0.5) is 4.39 Å². The van der Waals surface area contributed by atoms with Crippen molar-refractivity contribution >= 4 is 33.3 Å². The third kappa shape index (κ3) is 3.79. The van der Waals surface area contributed by atoms with Crippen molar-refractivity contribution in [2.24, 2.45) is 0 Å². The molecule has 3 heterocycles. The Labute approximate surface area is 224 Å². The summed E-state index contributed by atoms with van der Waals surface area (Å²) in [6.45, 7) is 7.21. The maximum atomic E-state index is 15.3. The number of hydrogen-bond acceptors (Lipinski definition) is 4. The maximum Gasteiger partial charge on any atom is 0.307 e. The molecule has 0 unspecified atom stereocenters. The number of fused-ring (bicyclic) bond motifs is 3. The number of halogens is 1. The molecular formula is C31H28FNO4S. The second-order valence-electron chi connectivity index (χ2n) is 10.2. The van der Waals surface area contributed by atoms with Crippen molar-refractivity contribution in [3.63, 3.8) is 0 Å². The smallest absolute Gasteiger partial charge is 0.307 e. The van der Waals surface area contributed by atoms with Gasteiger partial charge in [0.25, 0.3) is 5.91 Å². The standard InChI is InChI=1S/C31H28FNO4S/c1-16-19-7-5-10-37-30(19)26(32)12-22(16)29-18(3)25-15-33(14-24(25)17(2)23(29)13-28(34)35)31(36)21-6-4-8-27-20(21)9-11-38-27/h4,6,8-9,11-12H,5,7,10,13-15H2,1-3H3,(H,34,35). The van der Waals surface area contributed by atoms with Gasteiger partial charge in [0.15, 0.2) is 11.6 Å². The maximum absolute atomic E-state index is 15.3. The molecule has 1 N–H and O–H groups in total. The van der Waals surface area contributed by atoms with E-state index in [-0.39, 0.29) is 12.3 Å². The number of ether oxygens (including phenoxy) is 1. The number of carboxylic acid groups (broad SMARTS) is 1. The number of benzene rings is 3. The van der Waals surface area contributed by atoms with Crippen LogP contribution in [0.5, 0.6) is 5.75 Å². The Morgan fingerprint density at radius 3 is 2.58 bits per heavy atom. The van der Waals surface area contributed by atoms with Gasteiger partial charge in [-0.1, -0.05) is 6.07 Å². The van der Waals surface area contributed by atoms with E-state index in [4.69, 9.17) is 4.74 Å². The highest BCUT2D eigenvalue weighted by Crippen LogP contribution is 2.44. The second kappa shape index (κ2) is 9.24. The summed E-state index contributed by atoms with van der Waals surface area (Å²) in [5, 5.41) is 12.8. The predicted octanol–water partition coefficient (Wildman–Crippen LogP) is 6.74. The second-order valence-corrected chi connectivity index (χ2v) is 11.2. The number of thiophene rings is 1. The molecule has 3 aromatic carbocycles. The van der Waals surface area contributed by atoms with Crippen LogP contribution < -0.4 is 4.74 Å². The quantitative estimate of drug-likeness (QED) is 0.318. The van der Waals surface area contributed by atoms with E-state index < -0.39 is 11.8 Å². The zero-order valence-electron chi connectivity index (χ0n) is 21.6. The molecule has 2 aliphatic rings. The van der Waals surface area contributed by atoms with E-state index in [0.29, 0.717) is 42.1 Å². The zero-order valence-corrected chi connectivity index (χ0v) is 22.4. The number of amides is 1. The number of hydrogen-bond donors (Lipinski definition) is 1. The van der Waals surface area contributed by atoms with Gasteiger partial charge in [0.1, 0.15) is 0 Å². The molecule has 5 nitrogen and oxygen atoms in total. The minimum Gasteiger partial charge on any atom is -0.490 e. The van der Waals surface area contributed by atoms with Gasteiger partial charge in [-0.25, -0.2) is 4.39 Å². The van der Waals surface area contributed by atoms with Gasteiger partial charge < -0.3 is 14.7 Å². The molecule has 0 fully saturated rings. The van der Waals surface area contributed by atoms with Gasteiger partial charge in [0.2, 0.25) is 0 Å². The first kappa shape index (κ1) is 24.6. The largest absolute Gasteiger partial charge is 0.490 e. The molecule has 6 rings (SSSR count). The van der Waals surface area contributed by atoms with Crippen LogP contribution in [-0.2, 0) is 30.7 Å². The molecule has 0 aliphatic carbocycles. The Morgan fingerprint density at radius 1 is 1.05 bits per heavy atom. The summed E-state index contributed by atoms with van der Waals surface area (Å²) in [6, 6.07) is 9.26. The Bertz CT molecular complexity index is 1650. The van der Waals surface area contributed by atoms with E-state index in [0.717, 1.165) is 61.9 Å². The number of nitrogens with zero attached hydrogens (tertiary/aromatic N) is 1. The topological polar surface area (TPSA) is 66.8 Å². The highest BCUT2D eigenvalue weighted by molar-refractivity contribution is 7.17. The van der Waals surface area contributed by atoms with Crippen LogP contribution in [0.15, 0.2) is 35.7 Å². The molecule has 0 bridgehead atoms. The SMILES string of the molecule is Cc1c(-c2c(C)c3c(c(C)c2CC(=O)O)CN(C(=O)c2cccc4sccc24)C3)cc(F)c2c1CCCO2. The molecule has 1 amide bonds. The summed E-state index contributed by atoms with van der Waals surface area (Å²) in [4.78, 5) is 27.5. The molecule has 0 saturated carbocycles. The molecule has 4 aromatic rings. The Kier molecular flexibility index (Phi) is 5.99. The lowest BCUT2D eigenvalue weighted by Gasteiger charge is -2.25. The number of aliphatic carboxylic acids is 1. The van der Waals surface area contributed by atoms with Crippen LogP contribution in [0.3, 0.4) is 0 Å². The number of rotatable bonds is 4. The molecule has 0 saturated heterocycles. The monoisotopic (exact) mass is 529 g/mol. The summed E-state index contributed by atoms with van der Waals surface area (Å²) in [5.74, 6) is -1.09. The Morgan fingerprint density at radius 2 is 1.82 bits per heavy atom. The van der Waals surface area contributed by atoms with Crippen molar-refractivity contribution in [3.8, 4) is 16.9 Å². The van der Waals surface area contributed by atoms with Gasteiger partial charge >= 0.3 is 5.97 Å². The molecule has 0 radical (unpaired) electrons. The normalized spacial score (nSPS) is 14.4. The number of carbonyl (C=O) groups is 2. The summed E-state index contributed by atoms with van der Waals surface area (Å²) in [7, 11) is 0. The molecule has 0 spiro atoms. The predicted molar refractivity (Wildman–Crippen MR) is 147 cm³/mol. The Balaban J connectivity index is 1.49. The van der Waals surface area contributed by atoms with Crippen molar-refractivity contribution in [2.75, 3.05) is 6.61 Å². The van der Waals surface area contributed by atoms with Crippen LogP contribution in [0.1, 0.15) is 55.7 Å². The van der Waals surface area contributed by atoms with Crippen molar-refractivity contribution < 1.29 is 23.8 Å². The van der Waals surface area contributed by atoms with Crippen molar-refractivity contribution in [2.45, 2.75) is 53.1 Å². The van der Waals surface area contributed by atoms with E-state index in [1.54, 1.807) is 11.3 Å². The molecule has 38 heavy (non-hydrogen) atoms. The van der Waals surface area contributed by atoms with E-state index >= 15 is 4.39 Å². The van der Waals surface area contributed by atoms with Gasteiger partial charge in [-0.15, -0.1) is 11.3 Å². The molecular weight excluding hydrogens is 501 g/mol. The molecule has 194 valence electrons. The first-order chi connectivity index (χ1) is 18.3. The lowest BCUT2D eigenvalue weighted by atomic mass is 9.81. The van der Waals surface area contributed by atoms with Gasteiger partial charge in [-0.3, -0.25) is 9.59 Å². The lowest BCUT2D eigenvalue weighted by Crippen LogP contribution is -2.25. The first-order valence-corrected chi connectivity index (χ1v) is 13.7. The fraction of sp³-hybridized carbons (Fsp3) is 0.290. The van der Waals surface area contributed by atoms with Gasteiger partial charge in [-0.05, 0) is 108 Å². The summed E-state index contributed by atoms with van der Waals surface area (Å²) < 4.78 is 22.0. The third-order valence-electron chi connectivity index (χ3n) is 8.14. The average molecular weight is 530 g/mol. The highest BCUT2D eigenvalue weighted by atomic mass is 32.1. The molecule has 2 aliphatic heterocycles. The molecule has 1 aromatic heterocycles. The van der Waals surface area contributed by atoms with E-state index in [9.17, 15) is 14.7 Å². The van der Waals surface area contributed by atoms with Crippen LogP contribution in [0, 0.1) is 26.6 Å². The molecule has 0 atom stereocenters. The minimum absolute atomic E-state index is 0.0431. The van der Waals surface area contributed by atoms with Gasteiger partial charge in [0.05, 0.1) is 13.0 Å². The third-order valence-corrected chi connectivity index (χ3v) is 9.03. The minimum atomic E-state index is -0.941. The summed E-state index contributed by atoms with van der Waals surface area (Å²) in [5.41, 5.74) is 8.38. The van der Waals surface area contributed by atoms with Crippen LogP contribution in [0.2, 0.25) is 0 Å². The first-order valence-electron chi connectivity index (χ1n) is 12.8. The summed E-state index contributed by atoms with van der Waals surface area (Å²) >= 11 is 1.61. The van der Waals surface area contributed by atoms with Gasteiger partial charge in [0, 0.05) is 34.3 Å². The summed E-state index contributed by atoms with van der Waals surface area (Å²) in [6.07, 6.45) is 1.36. The van der Waals surface area contributed by atoms with Crippen molar-refractivity contribution in [1.29, 1.82) is 0 Å². The van der Waals surface area contributed by atoms with E-state index in [1.165, 1.54) is 6.07 Å². The van der Waals surface area contributed by atoms with Crippen LogP contribution >= 0.6 is 11.3 Å². The zero-order chi connectivity index (χ0) is 26.7. The van der Waals surface area contributed by atoms with Crippen molar-refractivity contribution in [1.82, 2.24) is 4.90 Å².